The van der Waals surface area contributed by atoms with Crippen LogP contribution in [0.5, 0.6) is 0 Å². The first-order valence-corrected chi connectivity index (χ1v) is 2.77. The zero-order chi connectivity index (χ0) is 6.10. The van der Waals surface area contributed by atoms with Crippen molar-refractivity contribution in [3.8, 4) is 0 Å². The smallest absolute Gasteiger partial charge is 0.174 e. The molecule has 1 N–H and O–H groups in total. The molecule has 0 atom stereocenters. The maximum atomic E-state index is 3.81. The molecule has 9 heavy (non-hydrogen) atoms. The highest BCUT2D eigenvalue weighted by Crippen LogP contribution is 2.02. The molecule has 0 amide bonds. The van der Waals surface area contributed by atoms with Crippen LogP contribution in [0.25, 0.3) is 0 Å². The van der Waals surface area contributed by atoms with Crippen LogP contribution in [-0.4, -0.2) is 5.84 Å². The number of nitrogens with zero attached hydrogens (tertiary/aromatic N) is 1. The van der Waals surface area contributed by atoms with E-state index in [4.69, 9.17) is 0 Å². The second-order valence-electron chi connectivity index (χ2n) is 1.85. The number of hydrazone groups is 1. The molecule has 0 spiro atoms. The number of amidine groups is 1. The fourth-order valence-corrected chi connectivity index (χ4v) is 0.689. The quantitative estimate of drug-likeness (QED) is 0.578. The van der Waals surface area contributed by atoms with E-state index in [0.29, 0.717) is 0 Å². The van der Waals surface area contributed by atoms with E-state index in [-0.39, 0.29) is 0 Å². The van der Waals surface area contributed by atoms with Gasteiger partial charge in [0.25, 0.3) is 0 Å². The van der Waals surface area contributed by atoms with Crippen molar-refractivity contribution in [3.63, 3.8) is 0 Å². The van der Waals surface area contributed by atoms with E-state index in [1.54, 1.807) is 0 Å². The van der Waals surface area contributed by atoms with E-state index >= 15 is 0 Å². The standard InChI is InChI=1S/C7H5N2/c1-2-4-6(5-3-1)7-8-9-7/h1-4H,(H,8,9). The van der Waals surface area contributed by atoms with Crippen LogP contribution in [0.15, 0.2) is 29.4 Å². The molecule has 2 rings (SSSR count). The van der Waals surface area contributed by atoms with Crippen molar-refractivity contribution in [1.82, 2.24) is 5.43 Å². The third-order valence-electron chi connectivity index (χ3n) is 1.19. The van der Waals surface area contributed by atoms with Crippen LogP contribution < -0.4 is 5.43 Å². The molecule has 0 aromatic heterocycles. The molecule has 1 aromatic carbocycles. The first-order valence-electron chi connectivity index (χ1n) is 2.77. The van der Waals surface area contributed by atoms with E-state index in [0.717, 1.165) is 11.4 Å². The maximum Gasteiger partial charge on any atom is 0.174 e. The summed E-state index contributed by atoms with van der Waals surface area (Å²) in [4.78, 5) is 0. The summed E-state index contributed by atoms with van der Waals surface area (Å²) in [6.07, 6.45) is 0. The van der Waals surface area contributed by atoms with Gasteiger partial charge in [-0.25, -0.2) is 0 Å². The van der Waals surface area contributed by atoms with Crippen molar-refractivity contribution in [1.29, 1.82) is 0 Å². The van der Waals surface area contributed by atoms with Crippen molar-refractivity contribution in [3.05, 3.63) is 35.9 Å². The van der Waals surface area contributed by atoms with Crippen molar-refractivity contribution in [2.45, 2.75) is 0 Å². The average molecular weight is 117 g/mol. The lowest BCUT2D eigenvalue weighted by molar-refractivity contribution is 1.26. The van der Waals surface area contributed by atoms with E-state index in [1.807, 2.05) is 24.3 Å². The highest BCUT2D eigenvalue weighted by Gasteiger charge is 2.10. The van der Waals surface area contributed by atoms with E-state index in [9.17, 15) is 0 Å². The van der Waals surface area contributed by atoms with E-state index in [1.165, 1.54) is 0 Å². The Hall–Kier alpha value is -1.31. The Balaban J connectivity index is 2.40. The van der Waals surface area contributed by atoms with Crippen LogP contribution in [0.1, 0.15) is 5.56 Å². The minimum absolute atomic E-state index is 0.940. The Bertz CT molecular complexity index is 238. The SMILES string of the molecule is [c]1ccccc1C1=NN1. The highest BCUT2D eigenvalue weighted by molar-refractivity contribution is 6.05. The molecule has 0 bridgehead atoms. The fraction of sp³-hybridized carbons (Fsp3) is 0. The second kappa shape index (κ2) is 1.58. The first-order chi connectivity index (χ1) is 4.47. The number of benzene rings is 1. The van der Waals surface area contributed by atoms with Gasteiger partial charge in [0.2, 0.25) is 0 Å². The summed E-state index contributed by atoms with van der Waals surface area (Å²) in [5.41, 5.74) is 3.80. The summed E-state index contributed by atoms with van der Waals surface area (Å²) in [6.45, 7) is 0. The largest absolute Gasteiger partial charge is 0.257 e. The molecular formula is C7H5N2. The van der Waals surface area contributed by atoms with Gasteiger partial charge in [-0.1, -0.05) is 24.3 Å². The van der Waals surface area contributed by atoms with Crippen molar-refractivity contribution in [2.24, 2.45) is 5.10 Å². The van der Waals surface area contributed by atoms with Gasteiger partial charge in [0.1, 0.15) is 0 Å². The van der Waals surface area contributed by atoms with Crippen LogP contribution in [-0.2, 0) is 0 Å². The second-order valence-corrected chi connectivity index (χ2v) is 1.85. The molecule has 0 fully saturated rings. The summed E-state index contributed by atoms with van der Waals surface area (Å²) in [5, 5.41) is 3.81. The van der Waals surface area contributed by atoms with Gasteiger partial charge in [-0.05, 0) is 6.07 Å². The minimum Gasteiger partial charge on any atom is -0.257 e. The van der Waals surface area contributed by atoms with Gasteiger partial charge in [-0.2, -0.15) is 5.10 Å². The first kappa shape index (κ1) is 4.56. The van der Waals surface area contributed by atoms with Crippen LogP contribution in [0.3, 0.4) is 0 Å². The number of hydrogen-bond donors (Lipinski definition) is 1. The van der Waals surface area contributed by atoms with Crippen LogP contribution in [0.4, 0.5) is 0 Å². The topological polar surface area (TPSA) is 34.3 Å². The lowest BCUT2D eigenvalue weighted by Gasteiger charge is -1.84. The van der Waals surface area contributed by atoms with Gasteiger partial charge in [-0.15, -0.1) is 0 Å². The van der Waals surface area contributed by atoms with Crippen LogP contribution in [0.2, 0.25) is 0 Å². The lowest BCUT2D eigenvalue weighted by atomic mass is 10.2. The molecule has 0 unspecified atom stereocenters. The summed E-state index contributed by atoms with van der Waals surface area (Å²) < 4.78 is 0. The monoisotopic (exact) mass is 117 g/mol. The predicted octanol–water partition coefficient (Wildman–Crippen LogP) is 0.752. The molecule has 1 aliphatic heterocycles. The summed E-state index contributed by atoms with van der Waals surface area (Å²) >= 11 is 0. The predicted molar refractivity (Wildman–Crippen MR) is 35.0 cm³/mol. The summed E-state index contributed by atoms with van der Waals surface area (Å²) in [6, 6.07) is 10.8. The Morgan fingerprint density at radius 1 is 1.44 bits per heavy atom. The third-order valence-corrected chi connectivity index (χ3v) is 1.19. The van der Waals surface area contributed by atoms with Gasteiger partial charge in [0, 0.05) is 5.56 Å². The van der Waals surface area contributed by atoms with Crippen LogP contribution in [0, 0.1) is 6.07 Å². The lowest BCUT2D eigenvalue weighted by Crippen LogP contribution is -1.93. The molecule has 2 nitrogen and oxygen atoms in total. The van der Waals surface area contributed by atoms with E-state index < -0.39 is 0 Å². The summed E-state index contributed by atoms with van der Waals surface area (Å²) in [7, 11) is 0. The van der Waals surface area contributed by atoms with Crippen molar-refractivity contribution in [2.75, 3.05) is 0 Å². The highest BCUT2D eigenvalue weighted by atomic mass is 15.5. The fourth-order valence-electron chi connectivity index (χ4n) is 0.689. The average Bonchev–Trinajstić information content (AvgIpc) is 2.71. The van der Waals surface area contributed by atoms with Gasteiger partial charge >= 0.3 is 0 Å². The number of rotatable bonds is 1. The molecule has 2 heteroatoms. The van der Waals surface area contributed by atoms with Gasteiger partial charge < -0.3 is 0 Å². The molecular weight excluding hydrogens is 112 g/mol. The number of hydrogen-bond acceptors (Lipinski definition) is 2. The Morgan fingerprint density at radius 3 is 2.89 bits per heavy atom. The summed E-state index contributed by atoms with van der Waals surface area (Å²) in [5.74, 6) is 0.940. The minimum atomic E-state index is 0.940. The molecule has 1 radical (unpaired) electrons. The molecule has 1 aromatic rings. The molecule has 0 saturated heterocycles. The molecule has 0 saturated carbocycles. The zero-order valence-corrected chi connectivity index (χ0v) is 4.76. The van der Waals surface area contributed by atoms with Gasteiger partial charge in [-0.3, -0.25) is 5.43 Å². The Labute approximate surface area is 53.2 Å². The third kappa shape index (κ3) is 0.785. The normalized spacial score (nSPS) is 14.0. The molecule has 1 heterocycles. The van der Waals surface area contributed by atoms with E-state index in [2.05, 4.69) is 16.6 Å². The maximum absolute atomic E-state index is 3.81. The zero-order valence-electron chi connectivity index (χ0n) is 4.76. The molecule has 43 valence electrons. The van der Waals surface area contributed by atoms with Crippen LogP contribution >= 0.6 is 0 Å². The van der Waals surface area contributed by atoms with Gasteiger partial charge in [0.15, 0.2) is 5.84 Å². The van der Waals surface area contributed by atoms with Gasteiger partial charge in [0.05, 0.1) is 0 Å². The molecule has 0 aliphatic carbocycles. The van der Waals surface area contributed by atoms with Crippen molar-refractivity contribution >= 4 is 5.84 Å². The Kier molecular flexibility index (Phi) is 0.803. The molecule has 1 aliphatic rings. The van der Waals surface area contributed by atoms with Crippen molar-refractivity contribution < 1.29 is 0 Å². The Morgan fingerprint density at radius 2 is 2.33 bits per heavy atom. The number of nitrogens with one attached hydrogen (secondary N) is 1.